The first kappa shape index (κ1) is 7.38. The van der Waals surface area contributed by atoms with Crippen LogP contribution in [-0.4, -0.2) is 9.97 Å². The molecule has 0 atom stereocenters. The van der Waals surface area contributed by atoms with Gasteiger partial charge in [0.25, 0.3) is 0 Å². The first-order chi connectivity index (χ1) is 6.93. The maximum atomic E-state index is 5.62. The monoisotopic (exact) mass is 184 g/mol. The lowest BCUT2D eigenvalue weighted by molar-refractivity contribution is 0.626. The Morgan fingerprint density at radius 3 is 2.93 bits per heavy atom. The maximum Gasteiger partial charge on any atom is 0.173 e. The fraction of sp³-hybridized carbons (Fsp3) is 0. The summed E-state index contributed by atoms with van der Waals surface area (Å²) >= 11 is 0. The number of furan rings is 1. The van der Waals surface area contributed by atoms with E-state index in [1.54, 1.807) is 12.4 Å². The predicted octanol–water partition coefficient (Wildman–Crippen LogP) is 2.82. The number of imidazole rings is 1. The number of nitrogens with zero attached hydrogens (tertiary/aromatic N) is 1. The highest BCUT2D eigenvalue weighted by Crippen LogP contribution is 2.24. The van der Waals surface area contributed by atoms with Crippen LogP contribution in [0.5, 0.6) is 0 Å². The Morgan fingerprint density at radius 2 is 2.14 bits per heavy atom. The molecule has 0 amide bonds. The largest absolute Gasteiger partial charge is 0.453 e. The fourth-order valence-corrected chi connectivity index (χ4v) is 1.50. The Kier molecular flexibility index (Phi) is 1.44. The molecule has 1 N–H and O–H groups in total. The molecule has 0 bridgehead atoms. The zero-order valence-corrected chi connectivity index (χ0v) is 7.40. The van der Waals surface area contributed by atoms with Crippen LogP contribution in [0.3, 0.4) is 0 Å². The summed E-state index contributed by atoms with van der Waals surface area (Å²) in [5, 5.41) is 1.10. The number of aromatic amines is 1. The Balaban J connectivity index is 2.24. The molecule has 0 unspecified atom stereocenters. The van der Waals surface area contributed by atoms with Crippen LogP contribution in [0.1, 0.15) is 0 Å². The van der Waals surface area contributed by atoms with Crippen molar-refractivity contribution < 1.29 is 4.42 Å². The molecule has 0 aliphatic heterocycles. The third-order valence-electron chi connectivity index (χ3n) is 2.16. The van der Waals surface area contributed by atoms with E-state index in [1.165, 1.54) is 0 Å². The van der Waals surface area contributed by atoms with Crippen molar-refractivity contribution in [2.24, 2.45) is 0 Å². The van der Waals surface area contributed by atoms with Gasteiger partial charge in [-0.1, -0.05) is 18.2 Å². The third-order valence-corrected chi connectivity index (χ3v) is 2.16. The number of nitrogens with one attached hydrogen (secondary N) is 1. The van der Waals surface area contributed by atoms with Crippen LogP contribution in [0, 0.1) is 0 Å². The van der Waals surface area contributed by atoms with Gasteiger partial charge in [-0.25, -0.2) is 4.98 Å². The molecule has 0 spiro atoms. The summed E-state index contributed by atoms with van der Waals surface area (Å²) in [4.78, 5) is 7.14. The highest BCUT2D eigenvalue weighted by atomic mass is 16.3. The van der Waals surface area contributed by atoms with E-state index in [-0.39, 0.29) is 0 Å². The van der Waals surface area contributed by atoms with Gasteiger partial charge in [-0.2, -0.15) is 0 Å². The molecule has 2 aromatic heterocycles. The van der Waals surface area contributed by atoms with Gasteiger partial charge in [-0.15, -0.1) is 0 Å². The van der Waals surface area contributed by atoms with E-state index in [0.29, 0.717) is 0 Å². The van der Waals surface area contributed by atoms with Gasteiger partial charge in [0.15, 0.2) is 11.6 Å². The molecule has 14 heavy (non-hydrogen) atoms. The van der Waals surface area contributed by atoms with Crippen molar-refractivity contribution in [1.29, 1.82) is 0 Å². The fourth-order valence-electron chi connectivity index (χ4n) is 1.50. The lowest BCUT2D eigenvalue weighted by Gasteiger charge is -1.86. The van der Waals surface area contributed by atoms with Crippen molar-refractivity contribution in [2.45, 2.75) is 0 Å². The Bertz CT molecular complexity index is 518. The van der Waals surface area contributed by atoms with Gasteiger partial charge in [-0.05, 0) is 12.1 Å². The second-order valence-electron chi connectivity index (χ2n) is 3.09. The van der Waals surface area contributed by atoms with Crippen LogP contribution < -0.4 is 0 Å². The second-order valence-corrected chi connectivity index (χ2v) is 3.09. The molecule has 0 fully saturated rings. The summed E-state index contributed by atoms with van der Waals surface area (Å²) < 4.78 is 5.62. The van der Waals surface area contributed by atoms with Crippen molar-refractivity contribution in [3.63, 3.8) is 0 Å². The number of hydrogen-bond acceptors (Lipinski definition) is 2. The summed E-state index contributed by atoms with van der Waals surface area (Å²) in [6.07, 6.45) is 3.49. The van der Waals surface area contributed by atoms with E-state index in [4.69, 9.17) is 4.42 Å². The molecule has 0 saturated carbocycles. The van der Waals surface area contributed by atoms with Crippen molar-refractivity contribution in [3.05, 3.63) is 42.7 Å². The number of para-hydroxylation sites is 1. The quantitative estimate of drug-likeness (QED) is 0.631. The highest BCUT2D eigenvalue weighted by Gasteiger charge is 2.06. The highest BCUT2D eigenvalue weighted by molar-refractivity contribution is 5.81. The normalized spacial score (nSPS) is 10.9. The van der Waals surface area contributed by atoms with Gasteiger partial charge >= 0.3 is 0 Å². The minimum atomic E-state index is 0.765. The molecular weight excluding hydrogens is 176 g/mol. The van der Waals surface area contributed by atoms with Crippen LogP contribution in [-0.2, 0) is 0 Å². The average Bonchev–Trinajstić information content (AvgIpc) is 2.86. The van der Waals surface area contributed by atoms with E-state index in [9.17, 15) is 0 Å². The van der Waals surface area contributed by atoms with Crippen molar-refractivity contribution in [1.82, 2.24) is 9.97 Å². The Hall–Kier alpha value is -2.03. The van der Waals surface area contributed by atoms with Gasteiger partial charge in [0.1, 0.15) is 5.58 Å². The topological polar surface area (TPSA) is 41.8 Å². The minimum Gasteiger partial charge on any atom is -0.453 e. The third kappa shape index (κ3) is 1.03. The summed E-state index contributed by atoms with van der Waals surface area (Å²) in [6.45, 7) is 0. The van der Waals surface area contributed by atoms with E-state index >= 15 is 0 Å². The molecule has 0 saturated heterocycles. The van der Waals surface area contributed by atoms with E-state index in [0.717, 1.165) is 22.6 Å². The lowest BCUT2D eigenvalue weighted by Crippen LogP contribution is -1.73. The molecule has 3 heteroatoms. The molecule has 0 aliphatic carbocycles. The minimum absolute atomic E-state index is 0.765. The average molecular weight is 184 g/mol. The smallest absolute Gasteiger partial charge is 0.173 e. The molecule has 2 heterocycles. The van der Waals surface area contributed by atoms with Gasteiger partial charge in [0.2, 0.25) is 0 Å². The molecule has 3 nitrogen and oxygen atoms in total. The van der Waals surface area contributed by atoms with E-state index in [1.807, 2.05) is 30.3 Å². The molecule has 3 aromatic rings. The molecule has 0 aliphatic rings. The van der Waals surface area contributed by atoms with Crippen LogP contribution in [0.25, 0.3) is 22.6 Å². The zero-order chi connectivity index (χ0) is 9.38. The Labute approximate surface area is 80.4 Å². The SMILES string of the molecule is c1ccc2oc(-c3ncc[nH]3)cc2c1. The van der Waals surface area contributed by atoms with Crippen LogP contribution in [0.4, 0.5) is 0 Å². The first-order valence-electron chi connectivity index (χ1n) is 4.42. The second kappa shape index (κ2) is 2.73. The Morgan fingerprint density at radius 1 is 1.21 bits per heavy atom. The number of rotatable bonds is 1. The molecule has 0 radical (unpaired) electrons. The number of fused-ring (bicyclic) bond motifs is 1. The number of aromatic nitrogens is 2. The summed E-state index contributed by atoms with van der Waals surface area (Å²) in [6, 6.07) is 9.89. The predicted molar refractivity (Wildman–Crippen MR) is 53.8 cm³/mol. The summed E-state index contributed by atoms with van der Waals surface area (Å²) in [7, 11) is 0. The molecule has 3 rings (SSSR count). The lowest BCUT2D eigenvalue weighted by atomic mass is 10.2. The van der Waals surface area contributed by atoms with Gasteiger partial charge in [0.05, 0.1) is 0 Å². The van der Waals surface area contributed by atoms with Gasteiger partial charge < -0.3 is 9.40 Å². The van der Waals surface area contributed by atoms with Crippen LogP contribution >= 0.6 is 0 Å². The number of H-pyrrole nitrogens is 1. The van der Waals surface area contributed by atoms with E-state index in [2.05, 4.69) is 9.97 Å². The molecule has 68 valence electrons. The van der Waals surface area contributed by atoms with Crippen molar-refractivity contribution >= 4 is 11.0 Å². The number of hydrogen-bond donors (Lipinski definition) is 1. The van der Waals surface area contributed by atoms with Gasteiger partial charge in [0, 0.05) is 17.8 Å². The van der Waals surface area contributed by atoms with Crippen LogP contribution in [0.2, 0.25) is 0 Å². The van der Waals surface area contributed by atoms with Crippen LogP contribution in [0.15, 0.2) is 47.1 Å². The molecule has 1 aromatic carbocycles. The number of benzene rings is 1. The van der Waals surface area contributed by atoms with Gasteiger partial charge in [-0.3, -0.25) is 0 Å². The zero-order valence-electron chi connectivity index (χ0n) is 7.40. The van der Waals surface area contributed by atoms with E-state index < -0.39 is 0 Å². The molecular formula is C11H8N2O. The van der Waals surface area contributed by atoms with Crippen molar-refractivity contribution in [2.75, 3.05) is 0 Å². The first-order valence-corrected chi connectivity index (χ1v) is 4.42. The van der Waals surface area contributed by atoms with Crippen molar-refractivity contribution in [3.8, 4) is 11.6 Å². The summed E-state index contributed by atoms with van der Waals surface area (Å²) in [5.41, 5.74) is 0.888. The summed E-state index contributed by atoms with van der Waals surface area (Å²) in [5.74, 6) is 1.54. The maximum absolute atomic E-state index is 5.62. The standard InChI is InChI=1S/C11H8N2O/c1-2-4-9-8(3-1)7-10(14-9)11-12-5-6-13-11/h1-7H,(H,12,13).